The largest absolute Gasteiger partial charge is 0.483 e. The summed E-state index contributed by atoms with van der Waals surface area (Å²) >= 11 is 3.34. The predicted octanol–water partition coefficient (Wildman–Crippen LogP) is 2.96. The van der Waals surface area contributed by atoms with Gasteiger partial charge >= 0.3 is 0 Å². The molecular weight excluding hydrogens is 322 g/mol. The Morgan fingerprint density at radius 3 is 2.70 bits per heavy atom. The van der Waals surface area contributed by atoms with Crippen LogP contribution in [0.5, 0.6) is 5.75 Å². The van der Waals surface area contributed by atoms with Crippen LogP contribution in [0.3, 0.4) is 0 Å². The highest BCUT2D eigenvalue weighted by Gasteiger charge is 2.18. The predicted molar refractivity (Wildman–Crippen MR) is 80.2 cm³/mol. The fourth-order valence-corrected chi connectivity index (χ4v) is 3.00. The number of rotatable bonds is 4. The van der Waals surface area contributed by atoms with Crippen LogP contribution in [-0.4, -0.2) is 36.8 Å². The average molecular weight is 340 g/mol. The van der Waals surface area contributed by atoms with E-state index in [9.17, 15) is 9.59 Å². The van der Waals surface area contributed by atoms with Crippen molar-refractivity contribution in [3.8, 4) is 5.75 Å². The summed E-state index contributed by atoms with van der Waals surface area (Å²) in [7, 11) is 0. The van der Waals surface area contributed by atoms with Gasteiger partial charge in [-0.25, -0.2) is 0 Å². The molecule has 0 unspecified atom stereocenters. The molecule has 1 fully saturated rings. The molecule has 1 saturated heterocycles. The molecule has 0 saturated carbocycles. The van der Waals surface area contributed by atoms with Crippen molar-refractivity contribution in [2.75, 3.05) is 19.7 Å². The van der Waals surface area contributed by atoms with E-state index in [2.05, 4.69) is 15.9 Å². The first-order valence-electron chi connectivity index (χ1n) is 6.77. The molecule has 0 radical (unpaired) electrons. The van der Waals surface area contributed by atoms with Gasteiger partial charge in [-0.15, -0.1) is 0 Å². The summed E-state index contributed by atoms with van der Waals surface area (Å²) in [4.78, 5) is 25.0. The molecule has 2 rings (SSSR count). The molecule has 0 N–H and O–H groups in total. The van der Waals surface area contributed by atoms with Gasteiger partial charge in [0.1, 0.15) is 5.75 Å². The van der Waals surface area contributed by atoms with Crippen LogP contribution in [0.2, 0.25) is 0 Å². The van der Waals surface area contributed by atoms with Gasteiger partial charge in [0.25, 0.3) is 5.91 Å². The highest BCUT2D eigenvalue weighted by atomic mass is 79.9. The van der Waals surface area contributed by atoms with Gasteiger partial charge in [-0.05, 0) is 43.9 Å². The van der Waals surface area contributed by atoms with E-state index >= 15 is 0 Å². The van der Waals surface area contributed by atoms with E-state index in [0.29, 0.717) is 11.3 Å². The van der Waals surface area contributed by atoms with Crippen LogP contribution < -0.4 is 4.74 Å². The molecule has 1 aliphatic rings. The van der Waals surface area contributed by atoms with Gasteiger partial charge in [-0.3, -0.25) is 9.59 Å². The van der Waals surface area contributed by atoms with Gasteiger partial charge in [-0.1, -0.05) is 15.9 Å². The van der Waals surface area contributed by atoms with Gasteiger partial charge in [0.15, 0.2) is 12.9 Å². The van der Waals surface area contributed by atoms with E-state index in [1.54, 1.807) is 6.07 Å². The monoisotopic (exact) mass is 339 g/mol. The van der Waals surface area contributed by atoms with Crippen molar-refractivity contribution in [2.24, 2.45) is 0 Å². The quantitative estimate of drug-likeness (QED) is 0.792. The maximum Gasteiger partial charge on any atom is 0.260 e. The SMILES string of the molecule is Cc1cc(Br)cc(C=O)c1OCC(=O)N1CCCCC1. The summed E-state index contributed by atoms with van der Waals surface area (Å²) in [6.07, 6.45) is 4.05. The van der Waals surface area contributed by atoms with E-state index in [1.807, 2.05) is 17.9 Å². The lowest BCUT2D eigenvalue weighted by molar-refractivity contribution is -0.134. The number of aryl methyl sites for hydroxylation is 1. The topological polar surface area (TPSA) is 46.6 Å². The standard InChI is InChI=1S/C15H18BrNO3/c1-11-7-13(16)8-12(9-18)15(11)20-10-14(19)17-5-3-2-4-6-17/h7-9H,2-6,10H2,1H3. The Balaban J connectivity index is 2.03. The number of likely N-dealkylation sites (tertiary alicyclic amines) is 1. The Hall–Kier alpha value is -1.36. The van der Waals surface area contributed by atoms with Gasteiger partial charge < -0.3 is 9.64 Å². The lowest BCUT2D eigenvalue weighted by Gasteiger charge is -2.26. The highest BCUT2D eigenvalue weighted by molar-refractivity contribution is 9.10. The molecule has 4 nitrogen and oxygen atoms in total. The third-order valence-corrected chi connectivity index (χ3v) is 3.90. The zero-order chi connectivity index (χ0) is 14.5. The number of carbonyl (C=O) groups is 2. The number of piperidine rings is 1. The van der Waals surface area contributed by atoms with Crippen molar-refractivity contribution in [1.29, 1.82) is 0 Å². The van der Waals surface area contributed by atoms with Crippen molar-refractivity contribution in [2.45, 2.75) is 26.2 Å². The van der Waals surface area contributed by atoms with Gasteiger partial charge in [-0.2, -0.15) is 0 Å². The van der Waals surface area contributed by atoms with Crippen LogP contribution in [0.1, 0.15) is 35.2 Å². The second-order valence-electron chi connectivity index (χ2n) is 4.99. The van der Waals surface area contributed by atoms with Gasteiger partial charge in [0.05, 0.1) is 5.56 Å². The van der Waals surface area contributed by atoms with Gasteiger partial charge in [0, 0.05) is 17.6 Å². The third-order valence-electron chi connectivity index (χ3n) is 3.44. The Kier molecular flexibility index (Phi) is 5.17. The maximum absolute atomic E-state index is 12.1. The summed E-state index contributed by atoms with van der Waals surface area (Å²) in [5.74, 6) is 0.484. The molecule has 1 aromatic rings. The molecular formula is C15H18BrNO3. The Labute approximate surface area is 127 Å². The molecule has 1 amide bonds. The van der Waals surface area contributed by atoms with Crippen molar-refractivity contribution >= 4 is 28.1 Å². The van der Waals surface area contributed by atoms with Crippen molar-refractivity contribution < 1.29 is 14.3 Å². The third kappa shape index (κ3) is 3.60. The van der Waals surface area contributed by atoms with E-state index in [4.69, 9.17) is 4.74 Å². The summed E-state index contributed by atoms with van der Waals surface area (Å²) in [6, 6.07) is 3.56. The lowest BCUT2D eigenvalue weighted by atomic mass is 10.1. The molecule has 0 atom stereocenters. The number of benzene rings is 1. The Bertz CT molecular complexity index is 510. The number of hydrogen-bond acceptors (Lipinski definition) is 3. The van der Waals surface area contributed by atoms with Gasteiger partial charge in [0.2, 0.25) is 0 Å². The van der Waals surface area contributed by atoms with Crippen LogP contribution in [0.15, 0.2) is 16.6 Å². The molecule has 0 aliphatic carbocycles. The maximum atomic E-state index is 12.1. The lowest BCUT2D eigenvalue weighted by Crippen LogP contribution is -2.38. The minimum Gasteiger partial charge on any atom is -0.483 e. The normalized spacial score (nSPS) is 15.0. The zero-order valence-corrected chi connectivity index (χ0v) is 13.1. The van der Waals surface area contributed by atoms with E-state index < -0.39 is 0 Å². The number of amides is 1. The van der Waals surface area contributed by atoms with Crippen LogP contribution in [0.25, 0.3) is 0 Å². The Morgan fingerprint density at radius 1 is 1.35 bits per heavy atom. The molecule has 0 spiro atoms. The van der Waals surface area contributed by atoms with Crippen molar-refractivity contribution in [3.63, 3.8) is 0 Å². The van der Waals surface area contributed by atoms with E-state index in [0.717, 1.165) is 42.3 Å². The zero-order valence-electron chi connectivity index (χ0n) is 11.5. The second kappa shape index (κ2) is 6.88. The molecule has 0 bridgehead atoms. The molecule has 0 aromatic heterocycles. The summed E-state index contributed by atoms with van der Waals surface area (Å²) in [5, 5.41) is 0. The second-order valence-corrected chi connectivity index (χ2v) is 5.90. The minimum absolute atomic E-state index is 0.0103. The molecule has 1 heterocycles. The molecule has 1 aliphatic heterocycles. The minimum atomic E-state index is -0.0106. The average Bonchev–Trinajstić information content (AvgIpc) is 2.46. The number of carbonyl (C=O) groups excluding carboxylic acids is 2. The number of aldehydes is 1. The molecule has 20 heavy (non-hydrogen) atoms. The fourth-order valence-electron chi connectivity index (χ4n) is 2.41. The Morgan fingerprint density at radius 2 is 2.05 bits per heavy atom. The number of hydrogen-bond donors (Lipinski definition) is 0. The van der Waals surface area contributed by atoms with Crippen molar-refractivity contribution in [3.05, 3.63) is 27.7 Å². The first kappa shape index (κ1) is 15.0. The summed E-state index contributed by atoms with van der Waals surface area (Å²) < 4.78 is 6.41. The van der Waals surface area contributed by atoms with Crippen LogP contribution in [-0.2, 0) is 4.79 Å². The van der Waals surface area contributed by atoms with Crippen LogP contribution >= 0.6 is 15.9 Å². The number of nitrogens with zero attached hydrogens (tertiary/aromatic N) is 1. The molecule has 1 aromatic carbocycles. The highest BCUT2D eigenvalue weighted by Crippen LogP contribution is 2.27. The molecule has 5 heteroatoms. The van der Waals surface area contributed by atoms with Crippen molar-refractivity contribution in [1.82, 2.24) is 4.90 Å². The summed E-state index contributed by atoms with van der Waals surface area (Å²) in [5.41, 5.74) is 1.30. The van der Waals surface area contributed by atoms with E-state index in [1.165, 1.54) is 6.42 Å². The first-order chi connectivity index (χ1) is 9.61. The molecule has 108 valence electrons. The smallest absolute Gasteiger partial charge is 0.260 e. The fraction of sp³-hybridized carbons (Fsp3) is 0.467. The van der Waals surface area contributed by atoms with E-state index in [-0.39, 0.29) is 12.5 Å². The van der Waals surface area contributed by atoms with Crippen LogP contribution in [0.4, 0.5) is 0 Å². The number of halogens is 1. The van der Waals surface area contributed by atoms with Crippen LogP contribution in [0, 0.1) is 6.92 Å². The number of ether oxygens (including phenoxy) is 1. The summed E-state index contributed by atoms with van der Waals surface area (Å²) in [6.45, 7) is 3.46. The first-order valence-corrected chi connectivity index (χ1v) is 7.57.